The van der Waals surface area contributed by atoms with Gasteiger partial charge in [0.2, 0.25) is 5.78 Å². The van der Waals surface area contributed by atoms with Crippen LogP contribution in [0.2, 0.25) is 0 Å². The second kappa shape index (κ2) is 8.26. The summed E-state index contributed by atoms with van der Waals surface area (Å²) in [6, 6.07) is 0. The number of carbonyl (C=O) groups is 2. The molecule has 2 heterocycles. The summed E-state index contributed by atoms with van der Waals surface area (Å²) in [7, 11) is 0. The number of anilines is 1. The fourth-order valence-electron chi connectivity index (χ4n) is 3.17. The van der Waals surface area contributed by atoms with Crippen molar-refractivity contribution in [1.82, 2.24) is 14.5 Å². The standard InChI is InChI=1S/C18H24N4O6/c1-5-6-22-15(19)13(16(25)21-18(22)27)11(24)7-28-17(26)14-8(2)12(10(4)23)9(3)20-14/h10,20,23H,5-7,19H2,1-4H3,(H,21,25,27)/t10-/m1/s1. The third-order valence-electron chi connectivity index (χ3n) is 4.42. The molecule has 0 bridgehead atoms. The summed E-state index contributed by atoms with van der Waals surface area (Å²) in [6.45, 7) is 6.23. The number of aromatic amines is 2. The van der Waals surface area contributed by atoms with Gasteiger partial charge in [0.05, 0.1) is 6.10 Å². The van der Waals surface area contributed by atoms with Crippen molar-refractivity contribution in [3.05, 3.63) is 48.9 Å². The van der Waals surface area contributed by atoms with Crippen LogP contribution in [0.1, 0.15) is 64.0 Å². The van der Waals surface area contributed by atoms with Gasteiger partial charge in [0.15, 0.2) is 6.61 Å². The number of rotatable bonds is 7. The van der Waals surface area contributed by atoms with Crippen molar-refractivity contribution in [3.8, 4) is 0 Å². The summed E-state index contributed by atoms with van der Waals surface area (Å²) in [5.41, 5.74) is 5.56. The summed E-state index contributed by atoms with van der Waals surface area (Å²) in [6.07, 6.45) is -0.215. The average molecular weight is 392 g/mol. The third kappa shape index (κ3) is 3.91. The Balaban J connectivity index is 2.25. The summed E-state index contributed by atoms with van der Waals surface area (Å²) >= 11 is 0. The predicted molar refractivity (Wildman–Crippen MR) is 102 cm³/mol. The minimum atomic E-state index is -0.931. The van der Waals surface area contributed by atoms with Crippen LogP contribution in [-0.2, 0) is 11.3 Å². The summed E-state index contributed by atoms with van der Waals surface area (Å²) in [5, 5.41) is 9.79. The number of hydrogen-bond donors (Lipinski definition) is 4. The lowest BCUT2D eigenvalue weighted by Gasteiger charge is -2.11. The van der Waals surface area contributed by atoms with E-state index in [9.17, 15) is 24.3 Å². The minimum Gasteiger partial charge on any atom is -0.453 e. The van der Waals surface area contributed by atoms with Gasteiger partial charge in [-0.05, 0) is 32.8 Å². The Morgan fingerprint density at radius 1 is 1.25 bits per heavy atom. The zero-order valence-corrected chi connectivity index (χ0v) is 16.2. The number of hydrogen-bond acceptors (Lipinski definition) is 7. The number of aliphatic hydroxyl groups is 1. The van der Waals surface area contributed by atoms with Crippen LogP contribution in [-0.4, -0.2) is 38.0 Å². The minimum absolute atomic E-state index is 0.110. The van der Waals surface area contributed by atoms with Crippen LogP contribution in [0, 0.1) is 13.8 Å². The molecule has 0 radical (unpaired) electrons. The Kier molecular flexibility index (Phi) is 6.24. The van der Waals surface area contributed by atoms with Crippen molar-refractivity contribution in [1.29, 1.82) is 0 Å². The normalized spacial score (nSPS) is 12.0. The van der Waals surface area contributed by atoms with Crippen molar-refractivity contribution in [2.75, 3.05) is 12.3 Å². The number of aliphatic hydroxyl groups excluding tert-OH is 1. The molecular weight excluding hydrogens is 368 g/mol. The number of nitrogen functional groups attached to an aromatic ring is 1. The highest BCUT2D eigenvalue weighted by Gasteiger charge is 2.24. The molecule has 2 aromatic rings. The molecule has 152 valence electrons. The van der Waals surface area contributed by atoms with Crippen LogP contribution in [0.3, 0.4) is 0 Å². The number of carbonyl (C=O) groups excluding carboxylic acids is 2. The first-order chi connectivity index (χ1) is 13.1. The van der Waals surface area contributed by atoms with E-state index in [2.05, 4.69) is 4.98 Å². The van der Waals surface area contributed by atoms with Gasteiger partial charge in [-0.25, -0.2) is 9.59 Å². The number of aromatic nitrogens is 3. The highest BCUT2D eigenvalue weighted by atomic mass is 16.5. The maximum atomic E-state index is 12.4. The van der Waals surface area contributed by atoms with E-state index < -0.39 is 41.3 Å². The van der Waals surface area contributed by atoms with Crippen LogP contribution in [0.25, 0.3) is 0 Å². The first-order valence-corrected chi connectivity index (χ1v) is 8.80. The molecule has 0 amide bonds. The molecule has 5 N–H and O–H groups in total. The number of H-pyrrole nitrogens is 2. The number of nitrogens with zero attached hydrogens (tertiary/aromatic N) is 1. The van der Waals surface area contributed by atoms with Gasteiger partial charge in [0, 0.05) is 17.8 Å². The molecule has 2 aromatic heterocycles. The van der Waals surface area contributed by atoms with E-state index in [1.165, 1.54) is 0 Å². The van der Waals surface area contributed by atoms with Gasteiger partial charge in [-0.15, -0.1) is 0 Å². The van der Waals surface area contributed by atoms with Gasteiger partial charge in [-0.1, -0.05) is 6.92 Å². The molecule has 0 saturated heterocycles. The fourth-order valence-corrected chi connectivity index (χ4v) is 3.17. The summed E-state index contributed by atoms with van der Waals surface area (Å²) in [4.78, 5) is 53.4. The van der Waals surface area contributed by atoms with Crippen molar-refractivity contribution < 1.29 is 19.4 Å². The zero-order chi connectivity index (χ0) is 21.2. The van der Waals surface area contributed by atoms with Gasteiger partial charge in [0.1, 0.15) is 17.1 Å². The molecule has 0 saturated carbocycles. The number of nitrogens with two attached hydrogens (primary N) is 1. The van der Waals surface area contributed by atoms with Crippen LogP contribution in [0.5, 0.6) is 0 Å². The number of ketones is 1. The smallest absolute Gasteiger partial charge is 0.355 e. The van der Waals surface area contributed by atoms with Crippen molar-refractivity contribution in [2.45, 2.75) is 46.8 Å². The van der Waals surface area contributed by atoms with Crippen LogP contribution in [0.15, 0.2) is 9.59 Å². The highest BCUT2D eigenvalue weighted by molar-refractivity contribution is 6.02. The van der Waals surface area contributed by atoms with Crippen molar-refractivity contribution >= 4 is 17.6 Å². The molecule has 0 aliphatic carbocycles. The van der Waals surface area contributed by atoms with Crippen LogP contribution >= 0.6 is 0 Å². The van der Waals surface area contributed by atoms with Gasteiger partial charge in [-0.2, -0.15) is 0 Å². The first-order valence-electron chi connectivity index (χ1n) is 8.80. The second-order valence-electron chi connectivity index (χ2n) is 6.51. The quantitative estimate of drug-likeness (QED) is 0.395. The Bertz CT molecular complexity index is 1030. The molecule has 0 aliphatic heterocycles. The zero-order valence-electron chi connectivity index (χ0n) is 16.2. The topological polar surface area (TPSA) is 160 Å². The van der Waals surface area contributed by atoms with Crippen molar-refractivity contribution in [2.24, 2.45) is 0 Å². The lowest BCUT2D eigenvalue weighted by Crippen LogP contribution is -2.37. The van der Waals surface area contributed by atoms with E-state index in [0.717, 1.165) is 4.57 Å². The molecular formula is C18H24N4O6. The van der Waals surface area contributed by atoms with E-state index in [1.807, 2.05) is 11.9 Å². The summed E-state index contributed by atoms with van der Waals surface area (Å²) in [5.74, 6) is -1.90. The van der Waals surface area contributed by atoms with Gasteiger partial charge in [0.25, 0.3) is 5.56 Å². The largest absolute Gasteiger partial charge is 0.453 e. The van der Waals surface area contributed by atoms with Gasteiger partial charge in [-0.3, -0.25) is 19.1 Å². The summed E-state index contributed by atoms with van der Waals surface area (Å²) < 4.78 is 6.10. The van der Waals surface area contributed by atoms with E-state index in [1.54, 1.807) is 20.8 Å². The SMILES string of the molecule is CCCn1c(N)c(C(=O)COC(=O)c2[nH]c(C)c([C@@H](C)O)c2C)c(=O)[nH]c1=O. The maximum Gasteiger partial charge on any atom is 0.355 e. The van der Waals surface area contributed by atoms with Crippen molar-refractivity contribution in [3.63, 3.8) is 0 Å². The lowest BCUT2D eigenvalue weighted by molar-refractivity contribution is 0.0468. The van der Waals surface area contributed by atoms with E-state index in [-0.39, 0.29) is 18.1 Å². The number of esters is 1. The lowest BCUT2D eigenvalue weighted by atomic mass is 10.1. The molecule has 0 aromatic carbocycles. The first kappa shape index (κ1) is 21.2. The Labute approximate surface area is 160 Å². The maximum absolute atomic E-state index is 12.4. The number of nitrogens with one attached hydrogen (secondary N) is 2. The molecule has 0 unspecified atom stereocenters. The molecule has 10 nitrogen and oxygen atoms in total. The number of aryl methyl sites for hydroxylation is 1. The monoisotopic (exact) mass is 392 g/mol. The van der Waals surface area contributed by atoms with Crippen LogP contribution < -0.4 is 17.0 Å². The Morgan fingerprint density at radius 2 is 1.89 bits per heavy atom. The Hall–Kier alpha value is -3.14. The number of Topliss-reactive ketones (excluding diaryl/α,β-unsaturated/α-hetero) is 1. The Morgan fingerprint density at radius 3 is 2.43 bits per heavy atom. The molecule has 10 heteroatoms. The highest BCUT2D eigenvalue weighted by Crippen LogP contribution is 2.24. The molecule has 1 atom stereocenters. The van der Waals surface area contributed by atoms with E-state index in [0.29, 0.717) is 23.2 Å². The molecule has 28 heavy (non-hydrogen) atoms. The van der Waals surface area contributed by atoms with Gasteiger partial charge >= 0.3 is 11.7 Å². The number of ether oxygens (including phenoxy) is 1. The molecule has 0 aliphatic rings. The van der Waals surface area contributed by atoms with E-state index >= 15 is 0 Å². The second-order valence-corrected chi connectivity index (χ2v) is 6.51. The van der Waals surface area contributed by atoms with Gasteiger partial charge < -0.3 is 20.6 Å². The molecule has 2 rings (SSSR count). The predicted octanol–water partition coefficient (Wildman–Crippen LogP) is 0.567. The average Bonchev–Trinajstić information content (AvgIpc) is 2.90. The molecule has 0 spiro atoms. The van der Waals surface area contributed by atoms with E-state index in [4.69, 9.17) is 10.5 Å². The van der Waals surface area contributed by atoms with Crippen LogP contribution in [0.4, 0.5) is 5.82 Å². The molecule has 0 fully saturated rings. The third-order valence-corrected chi connectivity index (χ3v) is 4.42. The fraction of sp³-hybridized carbons (Fsp3) is 0.444.